The summed E-state index contributed by atoms with van der Waals surface area (Å²) in [6.45, 7) is 5.89. The molecule has 0 aliphatic rings. The number of carbonyl (C=O) groups excluding carboxylic acids is 2. The molecule has 2 amide bonds. The number of amides is 2. The van der Waals surface area contributed by atoms with Crippen molar-refractivity contribution in [2.24, 2.45) is 0 Å². The lowest BCUT2D eigenvalue weighted by molar-refractivity contribution is 0.0952. The van der Waals surface area contributed by atoms with Crippen LogP contribution in [0.15, 0.2) is 24.3 Å². The summed E-state index contributed by atoms with van der Waals surface area (Å²) >= 11 is 0. The number of nitrogens with one attached hydrogen (secondary N) is 2. The van der Waals surface area contributed by atoms with Gasteiger partial charge in [0.25, 0.3) is 11.8 Å². The normalized spacial score (nSPS) is 10.9. The Labute approximate surface area is 210 Å². The molecule has 4 heteroatoms. The summed E-state index contributed by atoms with van der Waals surface area (Å²) in [5, 5.41) is 6.00. The summed E-state index contributed by atoms with van der Waals surface area (Å²) in [5.74, 6) is -0.179. The first-order chi connectivity index (χ1) is 16.7. The Balaban J connectivity index is 2.13. The van der Waals surface area contributed by atoms with Crippen LogP contribution in [0.3, 0.4) is 0 Å². The lowest BCUT2D eigenvalue weighted by Gasteiger charge is -2.08. The number of unbranched alkanes of at least 4 members (excludes halogenated alkanes) is 16. The van der Waals surface area contributed by atoms with Gasteiger partial charge in [-0.05, 0) is 31.0 Å². The third-order valence-electron chi connectivity index (χ3n) is 6.52. The molecule has 1 aromatic carbocycles. The SMILES string of the molecule is CCCCCCCCCCCNC(=O)c1cccc(C(=O)NCCCCCCCCCCC)c1. The van der Waals surface area contributed by atoms with Gasteiger partial charge in [-0.25, -0.2) is 0 Å². The van der Waals surface area contributed by atoms with Crippen LogP contribution in [-0.2, 0) is 0 Å². The molecule has 0 saturated heterocycles. The highest BCUT2D eigenvalue weighted by Crippen LogP contribution is 2.11. The Morgan fingerprint density at radius 2 is 0.853 bits per heavy atom. The van der Waals surface area contributed by atoms with E-state index in [0.717, 1.165) is 25.7 Å². The molecule has 34 heavy (non-hydrogen) atoms. The molecule has 1 aromatic rings. The Kier molecular flexibility index (Phi) is 19.2. The highest BCUT2D eigenvalue weighted by molar-refractivity contribution is 5.99. The number of hydrogen-bond donors (Lipinski definition) is 2. The molecule has 1 rings (SSSR count). The fraction of sp³-hybridized carbons (Fsp3) is 0.733. The van der Waals surface area contributed by atoms with Crippen molar-refractivity contribution in [3.8, 4) is 0 Å². The average molecular weight is 473 g/mol. The van der Waals surface area contributed by atoms with E-state index in [2.05, 4.69) is 24.5 Å². The van der Waals surface area contributed by atoms with Crippen LogP contribution in [0.1, 0.15) is 150 Å². The molecule has 0 aliphatic carbocycles. The van der Waals surface area contributed by atoms with Gasteiger partial charge in [-0.15, -0.1) is 0 Å². The smallest absolute Gasteiger partial charge is 0.251 e. The number of carbonyl (C=O) groups is 2. The minimum absolute atomic E-state index is 0.0897. The van der Waals surface area contributed by atoms with E-state index in [-0.39, 0.29) is 11.8 Å². The van der Waals surface area contributed by atoms with Crippen molar-refractivity contribution < 1.29 is 9.59 Å². The van der Waals surface area contributed by atoms with Gasteiger partial charge in [-0.2, -0.15) is 0 Å². The van der Waals surface area contributed by atoms with Gasteiger partial charge in [0, 0.05) is 24.2 Å². The Morgan fingerprint density at radius 3 is 1.21 bits per heavy atom. The molecule has 4 nitrogen and oxygen atoms in total. The summed E-state index contributed by atoms with van der Waals surface area (Å²) < 4.78 is 0. The van der Waals surface area contributed by atoms with Crippen LogP contribution in [0.4, 0.5) is 0 Å². The molecular formula is C30H52N2O2. The van der Waals surface area contributed by atoms with Crippen LogP contribution in [0, 0.1) is 0 Å². The van der Waals surface area contributed by atoms with Crippen LogP contribution in [-0.4, -0.2) is 24.9 Å². The van der Waals surface area contributed by atoms with E-state index < -0.39 is 0 Å². The van der Waals surface area contributed by atoms with Crippen LogP contribution < -0.4 is 10.6 Å². The van der Waals surface area contributed by atoms with E-state index in [9.17, 15) is 9.59 Å². The van der Waals surface area contributed by atoms with Gasteiger partial charge < -0.3 is 10.6 Å². The van der Waals surface area contributed by atoms with Crippen LogP contribution in [0.25, 0.3) is 0 Å². The van der Waals surface area contributed by atoms with Gasteiger partial charge in [0.2, 0.25) is 0 Å². The zero-order valence-corrected chi connectivity index (χ0v) is 22.3. The molecular weight excluding hydrogens is 420 g/mol. The second kappa shape index (κ2) is 21.7. The second-order valence-corrected chi connectivity index (χ2v) is 9.75. The summed E-state index contributed by atoms with van der Waals surface area (Å²) in [5.41, 5.74) is 1.12. The molecule has 0 atom stereocenters. The molecule has 0 spiro atoms. The maximum absolute atomic E-state index is 12.5. The second-order valence-electron chi connectivity index (χ2n) is 9.75. The summed E-state index contributed by atoms with van der Waals surface area (Å²) in [4.78, 5) is 24.9. The molecule has 0 saturated carbocycles. The third kappa shape index (κ3) is 15.9. The fourth-order valence-electron chi connectivity index (χ4n) is 4.28. The standard InChI is InChI=1S/C30H52N2O2/c1-3-5-7-9-11-13-15-17-19-24-31-29(33)27-22-21-23-28(26-27)30(34)32-25-20-18-16-14-12-10-8-6-4-2/h21-23,26H,3-20,24-25H2,1-2H3,(H,31,33)(H,32,34). The molecule has 2 N–H and O–H groups in total. The topological polar surface area (TPSA) is 58.2 Å². The van der Waals surface area contributed by atoms with E-state index >= 15 is 0 Å². The van der Waals surface area contributed by atoms with Crippen molar-refractivity contribution in [3.63, 3.8) is 0 Å². The van der Waals surface area contributed by atoms with Crippen LogP contribution in [0.5, 0.6) is 0 Å². The Hall–Kier alpha value is -1.84. The highest BCUT2D eigenvalue weighted by Gasteiger charge is 2.10. The molecule has 0 heterocycles. The highest BCUT2D eigenvalue weighted by atomic mass is 16.2. The largest absolute Gasteiger partial charge is 0.352 e. The molecule has 0 unspecified atom stereocenters. The zero-order valence-electron chi connectivity index (χ0n) is 22.3. The average Bonchev–Trinajstić information content (AvgIpc) is 2.86. The third-order valence-corrected chi connectivity index (χ3v) is 6.52. The number of hydrogen-bond acceptors (Lipinski definition) is 2. The van der Waals surface area contributed by atoms with Crippen LogP contribution >= 0.6 is 0 Å². The van der Waals surface area contributed by atoms with E-state index in [1.165, 1.54) is 89.9 Å². The lowest BCUT2D eigenvalue weighted by atomic mass is 10.1. The molecule has 194 valence electrons. The van der Waals surface area contributed by atoms with Gasteiger partial charge >= 0.3 is 0 Å². The van der Waals surface area contributed by atoms with E-state index in [4.69, 9.17) is 0 Å². The van der Waals surface area contributed by atoms with E-state index in [0.29, 0.717) is 24.2 Å². The predicted octanol–water partition coefficient (Wildman–Crippen LogP) is 8.21. The van der Waals surface area contributed by atoms with Crippen molar-refractivity contribution in [1.82, 2.24) is 10.6 Å². The summed E-state index contributed by atoms with van der Waals surface area (Å²) in [6.07, 6.45) is 22.9. The van der Waals surface area contributed by atoms with E-state index in [1.54, 1.807) is 24.3 Å². The van der Waals surface area contributed by atoms with Gasteiger partial charge in [0.15, 0.2) is 0 Å². The van der Waals surface area contributed by atoms with Crippen LogP contribution in [0.2, 0.25) is 0 Å². The zero-order chi connectivity index (χ0) is 24.7. The minimum Gasteiger partial charge on any atom is -0.352 e. The van der Waals surface area contributed by atoms with Gasteiger partial charge in [-0.1, -0.05) is 123 Å². The first kappa shape index (κ1) is 30.2. The maximum Gasteiger partial charge on any atom is 0.251 e. The molecule has 0 bridgehead atoms. The first-order valence-electron chi connectivity index (χ1n) is 14.4. The quantitative estimate of drug-likeness (QED) is 0.167. The molecule has 0 fully saturated rings. The Morgan fingerprint density at radius 1 is 0.529 bits per heavy atom. The maximum atomic E-state index is 12.5. The predicted molar refractivity (Wildman–Crippen MR) is 146 cm³/mol. The van der Waals surface area contributed by atoms with E-state index in [1.807, 2.05) is 0 Å². The lowest BCUT2D eigenvalue weighted by Crippen LogP contribution is -2.26. The van der Waals surface area contributed by atoms with Gasteiger partial charge in [0.05, 0.1) is 0 Å². The van der Waals surface area contributed by atoms with Gasteiger partial charge in [-0.3, -0.25) is 9.59 Å². The number of rotatable bonds is 22. The van der Waals surface area contributed by atoms with Crippen molar-refractivity contribution in [2.45, 2.75) is 129 Å². The molecule has 0 aromatic heterocycles. The van der Waals surface area contributed by atoms with Crippen molar-refractivity contribution in [3.05, 3.63) is 35.4 Å². The van der Waals surface area contributed by atoms with Gasteiger partial charge in [0.1, 0.15) is 0 Å². The Bertz CT molecular complexity index is 593. The minimum atomic E-state index is -0.0897. The fourth-order valence-corrected chi connectivity index (χ4v) is 4.28. The molecule has 0 aliphatic heterocycles. The molecule has 0 radical (unpaired) electrons. The summed E-state index contributed by atoms with van der Waals surface area (Å²) in [6, 6.07) is 7.06. The number of benzene rings is 1. The van der Waals surface area contributed by atoms with Crippen molar-refractivity contribution in [1.29, 1.82) is 0 Å². The summed E-state index contributed by atoms with van der Waals surface area (Å²) in [7, 11) is 0. The van der Waals surface area contributed by atoms with Crippen molar-refractivity contribution >= 4 is 11.8 Å². The van der Waals surface area contributed by atoms with Crippen molar-refractivity contribution in [2.75, 3.05) is 13.1 Å². The monoisotopic (exact) mass is 472 g/mol. The first-order valence-corrected chi connectivity index (χ1v) is 14.4.